The third-order valence-corrected chi connectivity index (χ3v) is 4.32. The molecule has 6 heteroatoms. The van der Waals surface area contributed by atoms with Crippen molar-refractivity contribution in [3.8, 4) is 12.3 Å². The molecule has 1 atom stereocenters. The van der Waals surface area contributed by atoms with Crippen LogP contribution < -0.4 is 5.32 Å². The lowest BCUT2D eigenvalue weighted by atomic mass is 9.95. The maximum absolute atomic E-state index is 12.9. The third-order valence-electron chi connectivity index (χ3n) is 4.32. The van der Waals surface area contributed by atoms with E-state index >= 15 is 0 Å². The average Bonchev–Trinajstić information content (AvgIpc) is 3.40. The number of allylic oxidation sites excluding steroid dienone is 4. The largest absolute Gasteiger partial charge is 0.467 e. The summed E-state index contributed by atoms with van der Waals surface area (Å²) < 4.78 is 4.83. The van der Waals surface area contributed by atoms with Crippen LogP contribution in [0.2, 0.25) is 0 Å². The number of rotatable bonds is 6. The van der Waals surface area contributed by atoms with Gasteiger partial charge in [-0.1, -0.05) is 24.1 Å². The summed E-state index contributed by atoms with van der Waals surface area (Å²) in [6.07, 6.45) is 15.5. The summed E-state index contributed by atoms with van der Waals surface area (Å²) in [5.41, 5.74) is 3.63. The van der Waals surface area contributed by atoms with E-state index in [0.29, 0.717) is 11.1 Å². The summed E-state index contributed by atoms with van der Waals surface area (Å²) in [5.74, 6) is 1.70. The zero-order chi connectivity index (χ0) is 19.2. The van der Waals surface area contributed by atoms with Gasteiger partial charge in [-0.3, -0.25) is 4.79 Å². The van der Waals surface area contributed by atoms with Crippen molar-refractivity contribution in [2.75, 3.05) is 7.11 Å². The van der Waals surface area contributed by atoms with Crippen LogP contribution in [0.15, 0.2) is 49.0 Å². The van der Waals surface area contributed by atoms with Crippen LogP contribution in [-0.4, -0.2) is 35.0 Å². The molecule has 1 aliphatic carbocycles. The molecule has 0 unspecified atom stereocenters. The summed E-state index contributed by atoms with van der Waals surface area (Å²) in [5, 5.41) is 2.76. The van der Waals surface area contributed by atoms with Crippen molar-refractivity contribution in [2.45, 2.75) is 18.9 Å². The molecule has 6 nitrogen and oxygen atoms in total. The van der Waals surface area contributed by atoms with Gasteiger partial charge in [0.05, 0.1) is 13.4 Å². The molecule has 1 amide bonds. The van der Waals surface area contributed by atoms with Crippen molar-refractivity contribution in [3.05, 3.63) is 71.3 Å². The Morgan fingerprint density at radius 1 is 1.44 bits per heavy atom. The predicted octanol–water partition coefficient (Wildman–Crippen LogP) is 2.25. The molecule has 0 saturated carbocycles. The molecular formula is C21H19N3O3. The maximum atomic E-state index is 12.9. The predicted molar refractivity (Wildman–Crippen MR) is 102 cm³/mol. The second-order valence-electron chi connectivity index (χ2n) is 6.06. The number of hydrogen-bond donors (Lipinski definition) is 2. The smallest absolute Gasteiger partial charge is 0.328 e. The van der Waals surface area contributed by atoms with Gasteiger partial charge in [0.25, 0.3) is 5.91 Å². The molecule has 1 aromatic carbocycles. The molecule has 1 aromatic heterocycles. The Morgan fingerprint density at radius 2 is 2.30 bits per heavy atom. The molecule has 0 radical (unpaired) electrons. The van der Waals surface area contributed by atoms with Gasteiger partial charge in [-0.15, -0.1) is 6.42 Å². The highest BCUT2D eigenvalue weighted by atomic mass is 16.5. The number of H-pyrrole nitrogens is 1. The minimum atomic E-state index is -0.834. The van der Waals surface area contributed by atoms with Crippen LogP contribution in [0.5, 0.6) is 0 Å². The molecular weight excluding hydrogens is 342 g/mol. The number of methoxy groups -OCH3 is 1. The van der Waals surface area contributed by atoms with E-state index in [-0.39, 0.29) is 12.3 Å². The average molecular weight is 361 g/mol. The van der Waals surface area contributed by atoms with Crippen molar-refractivity contribution >= 4 is 17.4 Å². The molecule has 2 aromatic rings. The quantitative estimate of drug-likeness (QED) is 0.611. The number of benzene rings is 1. The standard InChI is InChI=1S/C21H19N3O3/c1-3-14-8-9-17(18(10-14)15-6-4-5-7-15)20(25)24-19(21(26)27-2)11-16-12-22-13-23-16/h1,4-6,8-10,12-13,19H,7,11H2,2H3,(H,22,23)(H,24,25)/t19-/m1/s1. The zero-order valence-corrected chi connectivity index (χ0v) is 14.9. The van der Waals surface area contributed by atoms with Crippen LogP contribution in [0.1, 0.15) is 33.6 Å². The highest BCUT2D eigenvalue weighted by Crippen LogP contribution is 2.27. The van der Waals surface area contributed by atoms with E-state index in [4.69, 9.17) is 11.2 Å². The Labute approximate surface area is 157 Å². The highest BCUT2D eigenvalue weighted by molar-refractivity contribution is 6.01. The molecule has 0 fully saturated rings. The van der Waals surface area contributed by atoms with Crippen molar-refractivity contribution in [1.29, 1.82) is 0 Å². The number of ether oxygens (including phenoxy) is 1. The Hall–Kier alpha value is -3.59. The van der Waals surface area contributed by atoms with Crippen LogP contribution in [0, 0.1) is 12.3 Å². The van der Waals surface area contributed by atoms with E-state index in [0.717, 1.165) is 23.3 Å². The van der Waals surface area contributed by atoms with Crippen molar-refractivity contribution in [1.82, 2.24) is 15.3 Å². The van der Waals surface area contributed by atoms with Crippen LogP contribution in [0.25, 0.3) is 5.57 Å². The zero-order valence-electron chi connectivity index (χ0n) is 14.9. The van der Waals surface area contributed by atoms with Crippen molar-refractivity contribution < 1.29 is 14.3 Å². The number of terminal acetylenes is 1. The summed E-state index contributed by atoms with van der Waals surface area (Å²) in [6.45, 7) is 0. The molecule has 0 saturated heterocycles. The fraction of sp³-hybridized carbons (Fsp3) is 0.190. The number of nitrogens with zero attached hydrogens (tertiary/aromatic N) is 1. The van der Waals surface area contributed by atoms with E-state index in [9.17, 15) is 9.59 Å². The number of amides is 1. The van der Waals surface area contributed by atoms with E-state index in [1.807, 2.05) is 24.3 Å². The van der Waals surface area contributed by atoms with Crippen LogP contribution in [0.4, 0.5) is 0 Å². The summed E-state index contributed by atoms with van der Waals surface area (Å²) in [4.78, 5) is 31.9. The molecule has 3 rings (SSSR count). The second kappa shape index (κ2) is 8.19. The topological polar surface area (TPSA) is 84.1 Å². The number of aromatic nitrogens is 2. The van der Waals surface area contributed by atoms with Gasteiger partial charge in [-0.2, -0.15) is 0 Å². The number of carbonyl (C=O) groups is 2. The maximum Gasteiger partial charge on any atom is 0.328 e. The lowest BCUT2D eigenvalue weighted by Crippen LogP contribution is -2.43. The Kier molecular flexibility index (Phi) is 5.53. The molecule has 1 aliphatic rings. The van der Waals surface area contributed by atoms with Gasteiger partial charge in [0, 0.05) is 29.4 Å². The summed E-state index contributed by atoms with van der Waals surface area (Å²) >= 11 is 0. The van der Waals surface area contributed by atoms with E-state index in [1.165, 1.54) is 13.4 Å². The fourth-order valence-corrected chi connectivity index (χ4v) is 2.93. The van der Waals surface area contributed by atoms with Gasteiger partial charge >= 0.3 is 5.97 Å². The first kappa shape index (κ1) is 18.2. The number of imidazole rings is 1. The first-order chi connectivity index (χ1) is 13.1. The Morgan fingerprint density at radius 3 is 2.93 bits per heavy atom. The minimum Gasteiger partial charge on any atom is -0.467 e. The van der Waals surface area contributed by atoms with Gasteiger partial charge in [0.2, 0.25) is 0 Å². The van der Waals surface area contributed by atoms with Gasteiger partial charge in [0.1, 0.15) is 6.04 Å². The van der Waals surface area contributed by atoms with E-state index in [2.05, 4.69) is 21.2 Å². The molecule has 0 aliphatic heterocycles. The summed E-state index contributed by atoms with van der Waals surface area (Å²) in [7, 11) is 1.29. The van der Waals surface area contributed by atoms with Gasteiger partial charge in [-0.05, 0) is 35.8 Å². The highest BCUT2D eigenvalue weighted by Gasteiger charge is 2.25. The number of esters is 1. The lowest BCUT2D eigenvalue weighted by molar-refractivity contribution is -0.142. The van der Waals surface area contributed by atoms with Gasteiger partial charge in [0.15, 0.2) is 0 Å². The Bertz CT molecular complexity index is 950. The third kappa shape index (κ3) is 4.15. The number of carbonyl (C=O) groups excluding carboxylic acids is 2. The molecule has 1 heterocycles. The monoisotopic (exact) mass is 361 g/mol. The normalized spacial score (nSPS) is 13.6. The van der Waals surface area contributed by atoms with Crippen LogP contribution >= 0.6 is 0 Å². The first-order valence-corrected chi connectivity index (χ1v) is 8.45. The summed E-state index contributed by atoms with van der Waals surface area (Å²) in [6, 6.07) is 4.38. The molecule has 0 bridgehead atoms. The van der Waals surface area contributed by atoms with Crippen molar-refractivity contribution in [3.63, 3.8) is 0 Å². The van der Waals surface area contributed by atoms with Gasteiger partial charge in [-0.25, -0.2) is 9.78 Å². The van der Waals surface area contributed by atoms with Crippen LogP contribution in [-0.2, 0) is 16.0 Å². The van der Waals surface area contributed by atoms with Crippen LogP contribution in [0.3, 0.4) is 0 Å². The first-order valence-electron chi connectivity index (χ1n) is 8.45. The number of hydrogen-bond acceptors (Lipinski definition) is 4. The van der Waals surface area contributed by atoms with E-state index < -0.39 is 12.0 Å². The fourth-order valence-electron chi connectivity index (χ4n) is 2.93. The molecule has 2 N–H and O–H groups in total. The number of aromatic amines is 1. The van der Waals surface area contributed by atoms with Gasteiger partial charge < -0.3 is 15.0 Å². The number of nitrogens with one attached hydrogen (secondary N) is 2. The minimum absolute atomic E-state index is 0.250. The molecule has 136 valence electrons. The Balaban J connectivity index is 1.87. The van der Waals surface area contributed by atoms with E-state index in [1.54, 1.807) is 18.3 Å². The molecule has 27 heavy (non-hydrogen) atoms. The molecule has 0 spiro atoms. The van der Waals surface area contributed by atoms with Crippen molar-refractivity contribution in [2.24, 2.45) is 0 Å². The SMILES string of the molecule is C#Cc1ccc(C(=O)N[C@H](Cc2cnc[nH]2)C(=O)OC)c(C2=CC=CC2)c1. The second-order valence-corrected chi connectivity index (χ2v) is 6.06. The lowest BCUT2D eigenvalue weighted by Gasteiger charge is -2.18.